The molecule has 7 heteroatoms. The van der Waals surface area contributed by atoms with Gasteiger partial charge in [-0.05, 0) is 71.8 Å². The molecule has 0 N–H and O–H groups in total. The summed E-state index contributed by atoms with van der Waals surface area (Å²) in [5, 5.41) is 3.32. The van der Waals surface area contributed by atoms with Gasteiger partial charge in [-0.15, -0.1) is 4.91 Å². The second kappa shape index (κ2) is 12.4. The van der Waals surface area contributed by atoms with Gasteiger partial charge in [-0.1, -0.05) is 42.5 Å². The number of carbonyl (C=O) groups is 1. The highest BCUT2D eigenvalue weighted by atomic mass is 16.3. The number of piperidine rings is 1. The van der Waals surface area contributed by atoms with Crippen LogP contribution < -0.4 is 9.80 Å². The van der Waals surface area contributed by atoms with E-state index in [9.17, 15) is 9.70 Å². The molecule has 204 valence electrons. The zero-order chi connectivity index (χ0) is 27.2. The Morgan fingerprint density at radius 3 is 2.18 bits per heavy atom. The highest BCUT2D eigenvalue weighted by molar-refractivity contribution is 5.96. The van der Waals surface area contributed by atoms with Crippen LogP contribution in [0.25, 0.3) is 0 Å². The molecule has 1 amide bonds. The van der Waals surface area contributed by atoms with Crippen molar-refractivity contribution in [1.82, 2.24) is 9.80 Å². The molecule has 0 unspecified atom stereocenters. The van der Waals surface area contributed by atoms with Crippen LogP contribution in [0, 0.1) is 10.8 Å². The lowest BCUT2D eigenvalue weighted by Gasteiger charge is -2.35. The van der Waals surface area contributed by atoms with E-state index in [0.29, 0.717) is 30.3 Å². The first-order valence-corrected chi connectivity index (χ1v) is 14.0. The molecule has 0 aliphatic carbocycles. The summed E-state index contributed by atoms with van der Waals surface area (Å²) >= 11 is 0. The molecule has 5 rings (SSSR count). The normalized spacial score (nSPS) is 16.8. The standard InChI is InChI=1S/C32H39N5O2/c1-34(2)29-11-8-27(9-12-29)24-35-18-20-37(21-19-35)32(38)28-10-13-31(30(23-28)33-39)36-16-14-26(15-17-36)22-25-6-4-3-5-7-25/h3-13,23,26H,14-22,24H2,1-2H3. The van der Waals surface area contributed by atoms with Crippen molar-refractivity contribution < 1.29 is 4.79 Å². The Balaban J connectivity index is 1.14. The first-order chi connectivity index (χ1) is 19.0. The van der Waals surface area contributed by atoms with Crippen molar-refractivity contribution in [3.63, 3.8) is 0 Å². The number of hydrogen-bond donors (Lipinski definition) is 0. The van der Waals surface area contributed by atoms with Gasteiger partial charge in [0.25, 0.3) is 5.91 Å². The van der Waals surface area contributed by atoms with Gasteiger partial charge in [-0.25, -0.2) is 0 Å². The van der Waals surface area contributed by atoms with E-state index in [1.807, 2.05) is 31.1 Å². The number of amides is 1. The highest BCUT2D eigenvalue weighted by Gasteiger charge is 2.25. The summed E-state index contributed by atoms with van der Waals surface area (Å²) in [6.07, 6.45) is 3.26. The van der Waals surface area contributed by atoms with Crippen molar-refractivity contribution >= 4 is 23.0 Å². The SMILES string of the molecule is CN(C)c1ccc(CN2CCN(C(=O)c3ccc(N4CCC(Cc5ccccc5)CC4)c(N=O)c3)CC2)cc1. The Kier molecular flexibility index (Phi) is 8.57. The number of nitroso groups, excluding NO2 is 1. The fourth-order valence-electron chi connectivity index (χ4n) is 5.77. The monoisotopic (exact) mass is 525 g/mol. The number of piperazine rings is 1. The molecule has 0 saturated carbocycles. The molecule has 3 aromatic rings. The maximum atomic E-state index is 13.3. The van der Waals surface area contributed by atoms with Crippen molar-refractivity contribution in [2.24, 2.45) is 11.1 Å². The molecule has 2 heterocycles. The number of hydrogen-bond acceptors (Lipinski definition) is 6. The fourth-order valence-corrected chi connectivity index (χ4v) is 5.77. The van der Waals surface area contributed by atoms with Gasteiger partial charge in [0.1, 0.15) is 5.69 Å². The van der Waals surface area contributed by atoms with E-state index in [1.165, 1.54) is 16.8 Å². The highest BCUT2D eigenvalue weighted by Crippen LogP contribution is 2.34. The smallest absolute Gasteiger partial charge is 0.254 e. The van der Waals surface area contributed by atoms with Crippen LogP contribution in [0.3, 0.4) is 0 Å². The molecule has 3 aromatic carbocycles. The van der Waals surface area contributed by atoms with Crippen molar-refractivity contribution in [1.29, 1.82) is 0 Å². The summed E-state index contributed by atoms with van der Waals surface area (Å²) in [6, 6.07) is 24.7. The van der Waals surface area contributed by atoms with Crippen LogP contribution >= 0.6 is 0 Å². The van der Waals surface area contributed by atoms with E-state index in [1.54, 1.807) is 6.07 Å². The van der Waals surface area contributed by atoms with Crippen molar-refractivity contribution in [2.75, 3.05) is 63.2 Å². The largest absolute Gasteiger partial charge is 0.378 e. The molecular weight excluding hydrogens is 486 g/mol. The van der Waals surface area contributed by atoms with Crippen molar-refractivity contribution in [2.45, 2.75) is 25.8 Å². The average molecular weight is 526 g/mol. The van der Waals surface area contributed by atoms with Crippen LogP contribution in [0.5, 0.6) is 0 Å². The first-order valence-electron chi connectivity index (χ1n) is 14.0. The summed E-state index contributed by atoms with van der Waals surface area (Å²) < 4.78 is 0. The minimum atomic E-state index is -0.0250. The van der Waals surface area contributed by atoms with Crippen molar-refractivity contribution in [3.8, 4) is 0 Å². The minimum absolute atomic E-state index is 0.0250. The summed E-state index contributed by atoms with van der Waals surface area (Å²) in [6.45, 7) is 5.68. The molecule has 0 spiro atoms. The third-order valence-electron chi connectivity index (χ3n) is 8.16. The molecule has 2 aliphatic rings. The van der Waals surface area contributed by atoms with Crippen molar-refractivity contribution in [3.05, 3.63) is 94.4 Å². The molecule has 0 bridgehead atoms. The number of benzene rings is 3. The van der Waals surface area contributed by atoms with Crippen LogP contribution in [0.4, 0.5) is 17.1 Å². The number of anilines is 2. The maximum absolute atomic E-state index is 13.3. The molecule has 2 fully saturated rings. The first kappa shape index (κ1) is 26.9. The molecule has 2 aliphatic heterocycles. The predicted octanol–water partition coefficient (Wildman–Crippen LogP) is 5.57. The Hall–Kier alpha value is -3.71. The van der Waals surface area contributed by atoms with E-state index >= 15 is 0 Å². The van der Waals surface area contributed by atoms with Crippen LogP contribution in [0.15, 0.2) is 78.0 Å². The quantitative estimate of drug-likeness (QED) is 0.360. The third-order valence-corrected chi connectivity index (χ3v) is 8.16. The van der Waals surface area contributed by atoms with E-state index in [0.717, 1.165) is 57.7 Å². The number of nitrogens with zero attached hydrogens (tertiary/aromatic N) is 5. The zero-order valence-corrected chi connectivity index (χ0v) is 23.1. The molecule has 7 nitrogen and oxygen atoms in total. The van der Waals surface area contributed by atoms with Gasteiger partial charge in [-0.3, -0.25) is 9.69 Å². The van der Waals surface area contributed by atoms with Gasteiger partial charge < -0.3 is 14.7 Å². The third kappa shape index (κ3) is 6.66. The summed E-state index contributed by atoms with van der Waals surface area (Å²) in [7, 11) is 4.09. The van der Waals surface area contributed by atoms with Crippen LogP contribution in [-0.2, 0) is 13.0 Å². The van der Waals surface area contributed by atoms with Crippen LogP contribution in [-0.4, -0.2) is 69.1 Å². The van der Waals surface area contributed by atoms with E-state index in [-0.39, 0.29) is 5.91 Å². The lowest BCUT2D eigenvalue weighted by atomic mass is 9.90. The van der Waals surface area contributed by atoms with Gasteiger partial charge in [0.2, 0.25) is 0 Å². The van der Waals surface area contributed by atoms with E-state index in [4.69, 9.17) is 0 Å². The van der Waals surface area contributed by atoms with Gasteiger partial charge in [0, 0.05) is 71.2 Å². The molecular formula is C32H39N5O2. The Labute approximate surface area is 232 Å². The molecule has 0 radical (unpaired) electrons. The number of carbonyl (C=O) groups excluding carboxylic acids is 1. The Morgan fingerprint density at radius 2 is 1.54 bits per heavy atom. The molecule has 39 heavy (non-hydrogen) atoms. The summed E-state index contributed by atoms with van der Waals surface area (Å²) in [5.74, 6) is 0.622. The second-order valence-corrected chi connectivity index (χ2v) is 11.0. The lowest BCUT2D eigenvalue weighted by Crippen LogP contribution is -2.48. The van der Waals surface area contributed by atoms with Crippen LogP contribution in [0.1, 0.15) is 34.3 Å². The average Bonchev–Trinajstić information content (AvgIpc) is 2.98. The molecule has 0 atom stereocenters. The van der Waals surface area contributed by atoms with Crippen LogP contribution in [0.2, 0.25) is 0 Å². The minimum Gasteiger partial charge on any atom is -0.378 e. The maximum Gasteiger partial charge on any atom is 0.254 e. The van der Waals surface area contributed by atoms with E-state index < -0.39 is 0 Å². The van der Waals surface area contributed by atoms with Gasteiger partial charge in [0.15, 0.2) is 0 Å². The topological polar surface area (TPSA) is 59.5 Å². The summed E-state index contributed by atoms with van der Waals surface area (Å²) in [4.78, 5) is 33.7. The molecule has 2 saturated heterocycles. The second-order valence-electron chi connectivity index (χ2n) is 11.0. The van der Waals surface area contributed by atoms with E-state index in [2.05, 4.69) is 74.5 Å². The predicted molar refractivity (Wildman–Crippen MR) is 159 cm³/mol. The fraction of sp³-hybridized carbons (Fsp3) is 0.406. The molecule has 0 aromatic heterocycles. The van der Waals surface area contributed by atoms with Gasteiger partial charge in [-0.2, -0.15) is 0 Å². The Bertz CT molecular complexity index is 1250. The Morgan fingerprint density at radius 1 is 0.846 bits per heavy atom. The van der Waals surface area contributed by atoms with Gasteiger partial charge in [0.05, 0.1) is 5.69 Å². The summed E-state index contributed by atoms with van der Waals surface area (Å²) in [5.41, 5.74) is 5.60. The van der Waals surface area contributed by atoms with Gasteiger partial charge >= 0.3 is 0 Å². The zero-order valence-electron chi connectivity index (χ0n) is 23.1. The lowest BCUT2D eigenvalue weighted by molar-refractivity contribution is 0.0628. The number of rotatable bonds is 8.